The van der Waals surface area contributed by atoms with E-state index in [2.05, 4.69) is 12.2 Å². The highest BCUT2D eigenvalue weighted by molar-refractivity contribution is 5.95. The Kier molecular flexibility index (Phi) is 5.97. The summed E-state index contributed by atoms with van der Waals surface area (Å²) >= 11 is 0. The predicted octanol–water partition coefficient (Wildman–Crippen LogP) is 4.10. The Morgan fingerprint density at radius 1 is 1.04 bits per heavy atom. The number of aryl methyl sites for hydroxylation is 1. The highest BCUT2D eigenvalue weighted by Crippen LogP contribution is 2.25. The van der Waals surface area contributed by atoms with Crippen LogP contribution in [0.25, 0.3) is 0 Å². The van der Waals surface area contributed by atoms with Gasteiger partial charge in [-0.15, -0.1) is 0 Å². The average molecular weight is 339 g/mol. The molecule has 0 saturated carbocycles. The Balaban J connectivity index is 1.98. The SMILES string of the molecule is CCc1ccc(NC(=O)[C@@H](C)OC(=O)C(C)(C)c2ccccc2)cc1. The normalized spacial score (nSPS) is 12.3. The maximum absolute atomic E-state index is 12.5. The molecule has 0 aromatic heterocycles. The minimum atomic E-state index is -0.874. The van der Waals surface area contributed by atoms with Gasteiger partial charge in [-0.3, -0.25) is 9.59 Å². The van der Waals surface area contributed by atoms with Gasteiger partial charge in [0.25, 0.3) is 5.91 Å². The Morgan fingerprint density at radius 3 is 2.20 bits per heavy atom. The molecule has 0 unspecified atom stereocenters. The largest absolute Gasteiger partial charge is 0.452 e. The van der Waals surface area contributed by atoms with Gasteiger partial charge >= 0.3 is 5.97 Å². The number of hydrogen-bond donors (Lipinski definition) is 1. The average Bonchev–Trinajstić information content (AvgIpc) is 2.62. The second-order valence-corrected chi connectivity index (χ2v) is 6.58. The van der Waals surface area contributed by atoms with Crippen molar-refractivity contribution < 1.29 is 14.3 Å². The fraction of sp³-hybridized carbons (Fsp3) is 0.333. The molecule has 0 aliphatic carbocycles. The lowest BCUT2D eigenvalue weighted by molar-refractivity contribution is -0.158. The number of ether oxygens (including phenoxy) is 1. The third-order valence-corrected chi connectivity index (χ3v) is 4.29. The zero-order valence-corrected chi connectivity index (χ0v) is 15.2. The Hall–Kier alpha value is -2.62. The molecule has 1 atom stereocenters. The van der Waals surface area contributed by atoms with Crippen LogP contribution < -0.4 is 5.32 Å². The highest BCUT2D eigenvalue weighted by atomic mass is 16.5. The van der Waals surface area contributed by atoms with Crippen LogP contribution in [0.3, 0.4) is 0 Å². The van der Waals surface area contributed by atoms with E-state index in [1.54, 1.807) is 20.8 Å². The summed E-state index contributed by atoms with van der Waals surface area (Å²) in [6.45, 7) is 7.23. The van der Waals surface area contributed by atoms with Gasteiger partial charge in [0.2, 0.25) is 0 Å². The molecule has 0 saturated heterocycles. The van der Waals surface area contributed by atoms with Crippen molar-refractivity contribution in [2.45, 2.75) is 45.6 Å². The van der Waals surface area contributed by atoms with Crippen molar-refractivity contribution in [2.24, 2.45) is 0 Å². The lowest BCUT2D eigenvalue weighted by Gasteiger charge is -2.25. The van der Waals surface area contributed by atoms with Gasteiger partial charge in [-0.25, -0.2) is 0 Å². The van der Waals surface area contributed by atoms with E-state index in [9.17, 15) is 9.59 Å². The fourth-order valence-corrected chi connectivity index (χ4v) is 2.40. The summed E-state index contributed by atoms with van der Waals surface area (Å²) in [7, 11) is 0. The van der Waals surface area contributed by atoms with Crippen LogP contribution >= 0.6 is 0 Å². The Bertz CT molecular complexity index is 721. The van der Waals surface area contributed by atoms with Crippen LogP contribution in [0.1, 0.15) is 38.8 Å². The van der Waals surface area contributed by atoms with E-state index in [1.807, 2.05) is 54.6 Å². The molecule has 0 aliphatic heterocycles. The van der Waals surface area contributed by atoms with Gasteiger partial charge in [-0.2, -0.15) is 0 Å². The monoisotopic (exact) mass is 339 g/mol. The number of amides is 1. The molecule has 25 heavy (non-hydrogen) atoms. The topological polar surface area (TPSA) is 55.4 Å². The zero-order valence-electron chi connectivity index (χ0n) is 15.2. The zero-order chi connectivity index (χ0) is 18.4. The standard InChI is InChI=1S/C21H25NO3/c1-5-16-11-13-18(14-12-16)22-19(23)15(2)25-20(24)21(3,4)17-9-7-6-8-10-17/h6-15H,5H2,1-4H3,(H,22,23)/t15-/m1/s1. The second kappa shape index (κ2) is 7.97. The summed E-state index contributed by atoms with van der Waals surface area (Å²) in [5, 5.41) is 2.77. The first kappa shape index (κ1) is 18.7. The van der Waals surface area contributed by atoms with Crippen LogP contribution in [0, 0.1) is 0 Å². The number of anilines is 1. The molecule has 2 rings (SSSR count). The Labute approximate surface area is 149 Å². The number of hydrogen-bond acceptors (Lipinski definition) is 3. The van der Waals surface area contributed by atoms with Crippen molar-refractivity contribution in [1.82, 2.24) is 0 Å². The van der Waals surface area contributed by atoms with E-state index in [0.29, 0.717) is 5.69 Å². The molecule has 0 aliphatic rings. The van der Waals surface area contributed by atoms with Crippen molar-refractivity contribution >= 4 is 17.6 Å². The van der Waals surface area contributed by atoms with Crippen molar-refractivity contribution in [1.29, 1.82) is 0 Å². The Morgan fingerprint density at radius 2 is 1.64 bits per heavy atom. The molecule has 0 bridgehead atoms. The predicted molar refractivity (Wildman–Crippen MR) is 99.5 cm³/mol. The van der Waals surface area contributed by atoms with Gasteiger partial charge in [0.05, 0.1) is 5.41 Å². The van der Waals surface area contributed by atoms with Gasteiger partial charge in [0.15, 0.2) is 6.10 Å². The maximum atomic E-state index is 12.5. The fourth-order valence-electron chi connectivity index (χ4n) is 2.40. The first-order chi connectivity index (χ1) is 11.8. The minimum Gasteiger partial charge on any atom is -0.452 e. The molecular formula is C21H25NO3. The molecule has 1 amide bonds. The minimum absolute atomic E-state index is 0.346. The molecule has 132 valence electrons. The van der Waals surface area contributed by atoms with E-state index in [4.69, 9.17) is 4.74 Å². The summed E-state index contributed by atoms with van der Waals surface area (Å²) in [6, 6.07) is 17.0. The summed E-state index contributed by atoms with van der Waals surface area (Å²) in [6.07, 6.45) is 0.0675. The smallest absolute Gasteiger partial charge is 0.316 e. The quantitative estimate of drug-likeness (QED) is 0.806. The number of carbonyl (C=O) groups excluding carboxylic acids is 2. The van der Waals surface area contributed by atoms with Crippen molar-refractivity contribution in [3.63, 3.8) is 0 Å². The van der Waals surface area contributed by atoms with E-state index < -0.39 is 17.5 Å². The van der Waals surface area contributed by atoms with Gasteiger partial charge in [-0.05, 0) is 50.5 Å². The number of carbonyl (C=O) groups is 2. The van der Waals surface area contributed by atoms with E-state index in [0.717, 1.165) is 12.0 Å². The van der Waals surface area contributed by atoms with Gasteiger partial charge in [0, 0.05) is 5.69 Å². The first-order valence-electron chi connectivity index (χ1n) is 8.51. The van der Waals surface area contributed by atoms with Crippen molar-refractivity contribution in [3.05, 3.63) is 65.7 Å². The number of benzene rings is 2. The van der Waals surface area contributed by atoms with Crippen LogP contribution in [0.4, 0.5) is 5.69 Å². The third kappa shape index (κ3) is 4.69. The van der Waals surface area contributed by atoms with E-state index in [1.165, 1.54) is 5.56 Å². The molecule has 4 nitrogen and oxygen atoms in total. The van der Waals surface area contributed by atoms with Crippen LogP contribution in [0.15, 0.2) is 54.6 Å². The second-order valence-electron chi connectivity index (χ2n) is 6.58. The van der Waals surface area contributed by atoms with Crippen molar-refractivity contribution in [2.75, 3.05) is 5.32 Å². The summed E-state index contributed by atoms with van der Waals surface area (Å²) in [5.74, 6) is -0.774. The van der Waals surface area contributed by atoms with Crippen LogP contribution in [0.2, 0.25) is 0 Å². The van der Waals surface area contributed by atoms with Crippen molar-refractivity contribution in [3.8, 4) is 0 Å². The van der Waals surface area contributed by atoms with Gasteiger partial charge in [-0.1, -0.05) is 49.4 Å². The molecule has 0 spiro atoms. The molecule has 0 fully saturated rings. The number of rotatable bonds is 6. The van der Waals surface area contributed by atoms with Gasteiger partial charge in [0.1, 0.15) is 0 Å². The molecule has 2 aromatic carbocycles. The molecule has 0 heterocycles. The lowest BCUT2D eigenvalue weighted by Crippen LogP contribution is -2.37. The molecular weight excluding hydrogens is 314 g/mol. The van der Waals surface area contributed by atoms with E-state index >= 15 is 0 Å². The number of nitrogens with one attached hydrogen (secondary N) is 1. The summed E-state index contributed by atoms with van der Waals surface area (Å²) in [5.41, 5.74) is 1.91. The molecule has 0 radical (unpaired) electrons. The molecule has 4 heteroatoms. The highest BCUT2D eigenvalue weighted by Gasteiger charge is 2.33. The third-order valence-electron chi connectivity index (χ3n) is 4.29. The first-order valence-corrected chi connectivity index (χ1v) is 8.51. The summed E-state index contributed by atoms with van der Waals surface area (Å²) < 4.78 is 5.40. The lowest BCUT2D eigenvalue weighted by atomic mass is 9.85. The van der Waals surface area contributed by atoms with Gasteiger partial charge < -0.3 is 10.1 Å². The van der Waals surface area contributed by atoms with E-state index in [-0.39, 0.29) is 5.91 Å². The molecule has 2 aromatic rings. The molecule has 1 N–H and O–H groups in total. The number of esters is 1. The van der Waals surface area contributed by atoms with Crippen LogP contribution in [-0.4, -0.2) is 18.0 Å². The summed E-state index contributed by atoms with van der Waals surface area (Å²) in [4.78, 5) is 24.8. The van der Waals surface area contributed by atoms with Crippen LogP contribution in [-0.2, 0) is 26.2 Å². The van der Waals surface area contributed by atoms with Crippen LogP contribution in [0.5, 0.6) is 0 Å². The maximum Gasteiger partial charge on any atom is 0.316 e.